The maximum absolute atomic E-state index is 13.7. The Kier molecular flexibility index (Phi) is 20.0. The molecule has 0 aromatic carbocycles. The Balaban J connectivity index is 0.00000641. The molecule has 6 amide bonds. The van der Waals surface area contributed by atoms with Crippen LogP contribution >= 0.6 is 24.8 Å². The largest absolute Gasteiger partial charge is 0.349 e. The van der Waals surface area contributed by atoms with Crippen LogP contribution in [0.4, 0.5) is 0 Å². The van der Waals surface area contributed by atoms with Crippen molar-refractivity contribution in [1.82, 2.24) is 71.7 Å². The lowest BCUT2D eigenvalue weighted by molar-refractivity contribution is -0.144. The molecule has 2 aromatic heterocycles. The second-order valence-corrected chi connectivity index (χ2v) is 17.8. The number of rotatable bonds is 18. The monoisotopic (exact) mass is 898 g/mol. The van der Waals surface area contributed by atoms with Crippen molar-refractivity contribution in [3.05, 3.63) is 23.8 Å². The minimum absolute atomic E-state index is 0. The molecule has 0 saturated carbocycles. The zero-order valence-electron chi connectivity index (χ0n) is 37.2. The topological polar surface area (TPSA) is 242 Å². The first-order valence-corrected chi connectivity index (χ1v) is 20.6. The molecule has 344 valence electrons. The molecule has 2 fully saturated rings. The molecular weight excluding hydrogens is 831 g/mol. The van der Waals surface area contributed by atoms with Gasteiger partial charge >= 0.3 is 0 Å². The molecule has 22 heteroatoms. The third kappa shape index (κ3) is 14.3. The highest BCUT2D eigenvalue weighted by Gasteiger charge is 2.43. The summed E-state index contributed by atoms with van der Waals surface area (Å²) in [5.41, 5.74) is 0.00354. The molecule has 4 rings (SSSR count). The minimum atomic E-state index is -0.793. The molecule has 4 heterocycles. The normalized spacial score (nSPS) is 18.5. The Morgan fingerprint density at radius 2 is 1.02 bits per heavy atom. The van der Waals surface area contributed by atoms with Gasteiger partial charge in [0.15, 0.2) is 0 Å². The number of hydrogen-bond acceptors (Lipinski definition) is 12. The maximum Gasteiger partial charge on any atom is 0.246 e. The Morgan fingerprint density at radius 3 is 1.34 bits per heavy atom. The molecule has 2 aliphatic heterocycles. The van der Waals surface area contributed by atoms with Crippen LogP contribution in [0.15, 0.2) is 12.4 Å². The number of carbonyl (C=O) groups is 6. The van der Waals surface area contributed by atoms with Crippen LogP contribution in [0.25, 0.3) is 0 Å². The summed E-state index contributed by atoms with van der Waals surface area (Å²) in [4.78, 5) is 82.5. The van der Waals surface area contributed by atoms with Gasteiger partial charge in [0.1, 0.15) is 35.6 Å². The van der Waals surface area contributed by atoms with Crippen LogP contribution in [0.3, 0.4) is 0 Å². The fourth-order valence-electron chi connectivity index (χ4n) is 7.08. The van der Waals surface area contributed by atoms with Crippen LogP contribution in [0.1, 0.15) is 98.9 Å². The van der Waals surface area contributed by atoms with E-state index in [0.29, 0.717) is 69.7 Å². The average Bonchev–Trinajstić information content (AvgIpc) is 4.03. The van der Waals surface area contributed by atoms with Gasteiger partial charge in [0.2, 0.25) is 35.4 Å². The second-order valence-electron chi connectivity index (χ2n) is 17.8. The summed E-state index contributed by atoms with van der Waals surface area (Å²) >= 11 is 0. The van der Waals surface area contributed by atoms with Crippen LogP contribution < -0.4 is 31.9 Å². The fourth-order valence-corrected chi connectivity index (χ4v) is 7.08. The van der Waals surface area contributed by atoms with Crippen molar-refractivity contribution in [1.29, 1.82) is 0 Å². The number of nitrogens with one attached hydrogen (secondary N) is 6. The van der Waals surface area contributed by atoms with Crippen molar-refractivity contribution < 1.29 is 28.8 Å². The van der Waals surface area contributed by atoms with Gasteiger partial charge in [0, 0.05) is 26.2 Å². The molecule has 0 spiro atoms. The molecule has 61 heavy (non-hydrogen) atoms. The number of likely N-dealkylation sites (N-methyl/N-ethyl adjacent to an activating group) is 2. The van der Waals surface area contributed by atoms with E-state index < -0.39 is 47.1 Å². The summed E-state index contributed by atoms with van der Waals surface area (Å²) in [6.07, 6.45) is 6.57. The molecular formula is C39H68Cl2N14O6. The first kappa shape index (κ1) is 52.7. The summed E-state index contributed by atoms with van der Waals surface area (Å²) < 4.78 is 3.36. The highest BCUT2D eigenvalue weighted by molar-refractivity contribution is 5.95. The number of amides is 6. The quantitative estimate of drug-likeness (QED) is 0.118. The van der Waals surface area contributed by atoms with Gasteiger partial charge in [-0.1, -0.05) is 52.0 Å². The SMILES string of the molecule is CN[C@@H](C)C(=O)N[C@H](C(=O)N1CCC[C@@H]1C(=O)NCc1cn(CCCn2cc(CNC(=O)[C@@H]3CCCN3C(=O)[C@@H](NC(=O)[C@H](C)NC)C(C)(C)C)nn2)nn1)C(C)(C)C.Cl.Cl. The van der Waals surface area contributed by atoms with Gasteiger partial charge < -0.3 is 41.7 Å². The van der Waals surface area contributed by atoms with Gasteiger partial charge in [-0.25, -0.2) is 0 Å². The molecule has 0 bridgehead atoms. The lowest BCUT2D eigenvalue weighted by Crippen LogP contribution is -2.59. The fraction of sp³-hybridized carbons (Fsp3) is 0.744. The Hall–Kier alpha value is -4.40. The Morgan fingerprint density at radius 1 is 0.656 bits per heavy atom. The van der Waals surface area contributed by atoms with E-state index >= 15 is 0 Å². The maximum atomic E-state index is 13.7. The predicted octanol–water partition coefficient (Wildman–Crippen LogP) is 0.296. The zero-order valence-corrected chi connectivity index (χ0v) is 38.9. The smallest absolute Gasteiger partial charge is 0.246 e. The minimum Gasteiger partial charge on any atom is -0.349 e. The first-order chi connectivity index (χ1) is 27.7. The van der Waals surface area contributed by atoms with E-state index in [1.54, 1.807) is 59.5 Å². The van der Waals surface area contributed by atoms with Gasteiger partial charge in [-0.3, -0.25) is 38.1 Å². The molecule has 0 aliphatic carbocycles. The second kappa shape index (κ2) is 23.2. The van der Waals surface area contributed by atoms with Gasteiger partial charge in [-0.05, 0) is 70.9 Å². The number of halogens is 2. The van der Waals surface area contributed by atoms with E-state index in [4.69, 9.17) is 0 Å². The number of aromatic nitrogens is 6. The van der Waals surface area contributed by atoms with Crippen molar-refractivity contribution in [2.75, 3.05) is 27.2 Å². The Bertz CT molecular complexity index is 1670. The summed E-state index contributed by atoms with van der Waals surface area (Å²) in [5.74, 6) is -1.69. The Labute approximate surface area is 371 Å². The zero-order chi connectivity index (χ0) is 43.7. The van der Waals surface area contributed by atoms with Crippen LogP contribution in [-0.2, 0) is 54.9 Å². The van der Waals surface area contributed by atoms with Crippen LogP contribution in [0.5, 0.6) is 0 Å². The van der Waals surface area contributed by atoms with Crippen molar-refractivity contribution >= 4 is 60.3 Å². The van der Waals surface area contributed by atoms with Gasteiger partial charge in [0.25, 0.3) is 0 Å². The van der Waals surface area contributed by atoms with Crippen molar-refractivity contribution in [3.63, 3.8) is 0 Å². The molecule has 0 unspecified atom stereocenters. The number of nitrogens with zero attached hydrogens (tertiary/aromatic N) is 8. The summed E-state index contributed by atoms with van der Waals surface area (Å²) in [7, 11) is 3.36. The average molecular weight is 900 g/mol. The van der Waals surface area contributed by atoms with Crippen LogP contribution in [-0.4, -0.2) is 139 Å². The molecule has 6 atom stereocenters. The molecule has 2 aliphatic rings. The number of hydrogen-bond donors (Lipinski definition) is 6. The predicted molar refractivity (Wildman–Crippen MR) is 232 cm³/mol. The molecule has 0 radical (unpaired) electrons. The first-order valence-electron chi connectivity index (χ1n) is 20.6. The lowest BCUT2D eigenvalue weighted by atomic mass is 9.85. The van der Waals surface area contributed by atoms with Gasteiger partial charge in [-0.2, -0.15) is 0 Å². The molecule has 2 aromatic rings. The summed E-state index contributed by atoms with van der Waals surface area (Å²) in [5, 5.41) is 34.1. The highest BCUT2D eigenvalue weighted by atomic mass is 35.5. The van der Waals surface area contributed by atoms with Crippen LogP contribution in [0.2, 0.25) is 0 Å². The molecule has 6 N–H and O–H groups in total. The van der Waals surface area contributed by atoms with Crippen molar-refractivity contribution in [3.8, 4) is 0 Å². The van der Waals surface area contributed by atoms with Crippen molar-refractivity contribution in [2.45, 2.75) is 150 Å². The van der Waals surface area contributed by atoms with E-state index in [2.05, 4.69) is 52.5 Å². The molecule has 2 saturated heterocycles. The van der Waals surface area contributed by atoms with E-state index in [0.717, 1.165) is 0 Å². The van der Waals surface area contributed by atoms with Gasteiger partial charge in [-0.15, -0.1) is 35.0 Å². The van der Waals surface area contributed by atoms with E-state index in [-0.39, 0.29) is 73.3 Å². The van der Waals surface area contributed by atoms with Crippen molar-refractivity contribution in [2.24, 2.45) is 10.8 Å². The number of likely N-dealkylation sites (tertiary alicyclic amines) is 2. The summed E-state index contributed by atoms with van der Waals surface area (Å²) in [6.45, 7) is 17.0. The standard InChI is InChI=1S/C39H66N14O6.2ClH/c1-24(40-9)32(54)44-30(38(3,4)5)36(58)52-18-11-14-28(52)34(56)42-20-26-22-50(48-46-26)16-13-17-51-23-27(47-49-51)21-43-35(57)29-15-12-19-53(29)37(59)31(39(6,7)8)45-33(55)25(2)41-10;;/h22-25,28-31,40-41H,11-21H2,1-10H3,(H,42,56)(H,43,57)(H,44,54)(H,45,55);2*1H/t24-,25-,28-,29+,30+,31+;;/m0../s1. The van der Waals surface area contributed by atoms with Crippen LogP contribution in [0, 0.1) is 10.8 Å². The van der Waals surface area contributed by atoms with E-state index in [1.165, 1.54) is 0 Å². The number of carbonyl (C=O) groups excluding carboxylic acids is 6. The lowest BCUT2D eigenvalue weighted by Gasteiger charge is -2.36. The summed E-state index contributed by atoms with van der Waals surface area (Å²) in [6, 6.07) is -3.83. The third-order valence-corrected chi connectivity index (χ3v) is 11.0. The third-order valence-electron chi connectivity index (χ3n) is 11.0. The molecule has 20 nitrogen and oxygen atoms in total. The van der Waals surface area contributed by atoms with E-state index in [1.807, 2.05) is 41.5 Å². The number of aryl methyl sites for hydroxylation is 2. The highest BCUT2D eigenvalue weighted by Crippen LogP contribution is 2.27. The van der Waals surface area contributed by atoms with Gasteiger partial charge in [0.05, 0.1) is 37.6 Å². The van der Waals surface area contributed by atoms with E-state index in [9.17, 15) is 28.8 Å².